The normalized spacial score (nSPS) is 15.1. The highest BCUT2D eigenvalue weighted by Crippen LogP contribution is 2.31. The van der Waals surface area contributed by atoms with Gasteiger partial charge in [0.15, 0.2) is 5.78 Å². The number of carbonyl (C=O) groups is 1. The van der Waals surface area contributed by atoms with E-state index in [0.29, 0.717) is 0 Å². The predicted molar refractivity (Wildman–Crippen MR) is 95.3 cm³/mol. The summed E-state index contributed by atoms with van der Waals surface area (Å²) >= 11 is 0. The number of rotatable bonds is 6. The van der Waals surface area contributed by atoms with E-state index in [1.54, 1.807) is 6.08 Å². The van der Waals surface area contributed by atoms with Crippen molar-refractivity contribution in [1.82, 2.24) is 5.32 Å². The molecule has 2 heteroatoms. The fraction of sp³-hybridized carbons (Fsp3) is 0.286. The van der Waals surface area contributed by atoms with Crippen molar-refractivity contribution in [3.8, 4) is 0 Å². The van der Waals surface area contributed by atoms with E-state index in [-0.39, 0.29) is 5.78 Å². The first-order valence-corrected chi connectivity index (χ1v) is 8.35. The lowest BCUT2D eigenvalue weighted by Crippen LogP contribution is -2.16. The summed E-state index contributed by atoms with van der Waals surface area (Å²) in [4.78, 5) is 12.5. The molecular formula is C21H23NO. The smallest absolute Gasteiger partial charge is 0.187 e. The minimum absolute atomic E-state index is 0.0356. The number of carbonyl (C=O) groups excluding carboxylic acids is 1. The maximum Gasteiger partial charge on any atom is 0.187 e. The summed E-state index contributed by atoms with van der Waals surface area (Å²) < 4.78 is 0. The third-order valence-corrected chi connectivity index (χ3v) is 4.64. The Morgan fingerprint density at radius 3 is 2.43 bits per heavy atom. The zero-order valence-electron chi connectivity index (χ0n) is 13.6. The average Bonchev–Trinajstić information content (AvgIpc) is 2.57. The molecule has 0 amide bonds. The maximum atomic E-state index is 12.5. The van der Waals surface area contributed by atoms with Crippen LogP contribution in [0.5, 0.6) is 0 Å². The van der Waals surface area contributed by atoms with Gasteiger partial charge in [-0.3, -0.25) is 4.79 Å². The Bertz CT molecular complexity index is 699. The van der Waals surface area contributed by atoms with Gasteiger partial charge in [-0.2, -0.15) is 0 Å². The molecule has 3 rings (SSSR count). The van der Waals surface area contributed by atoms with Crippen molar-refractivity contribution in [2.24, 2.45) is 5.92 Å². The van der Waals surface area contributed by atoms with Crippen LogP contribution in [0, 0.1) is 5.92 Å². The van der Waals surface area contributed by atoms with Crippen LogP contribution in [0.15, 0.2) is 60.7 Å². The standard InChI is InChI=1S/C21H23NO/c1-22-20(15-21(23)17-10-3-2-4-11-17)19-13-6-5-12-18(19)14-16-8-7-9-16/h2-6,10-13,15-16,22H,7-9,14H2,1H3/b20-15-. The molecule has 1 aliphatic carbocycles. The van der Waals surface area contributed by atoms with Gasteiger partial charge in [-0.15, -0.1) is 0 Å². The number of benzene rings is 2. The van der Waals surface area contributed by atoms with Crippen LogP contribution in [0.1, 0.15) is 40.7 Å². The number of ketones is 1. The molecule has 0 spiro atoms. The Hall–Kier alpha value is -2.35. The van der Waals surface area contributed by atoms with Gasteiger partial charge in [0.1, 0.15) is 0 Å². The van der Waals surface area contributed by atoms with Crippen LogP contribution < -0.4 is 5.32 Å². The summed E-state index contributed by atoms with van der Waals surface area (Å²) in [6.45, 7) is 0. The van der Waals surface area contributed by atoms with E-state index >= 15 is 0 Å². The number of nitrogens with one attached hydrogen (secondary N) is 1. The van der Waals surface area contributed by atoms with Gasteiger partial charge in [-0.1, -0.05) is 73.9 Å². The van der Waals surface area contributed by atoms with Gasteiger partial charge in [0, 0.05) is 29.9 Å². The van der Waals surface area contributed by atoms with Gasteiger partial charge in [0.25, 0.3) is 0 Å². The molecule has 1 aliphatic rings. The third kappa shape index (κ3) is 3.70. The fourth-order valence-corrected chi connectivity index (χ4v) is 3.07. The first kappa shape index (κ1) is 15.5. The van der Waals surface area contributed by atoms with Gasteiger partial charge >= 0.3 is 0 Å². The zero-order valence-corrected chi connectivity index (χ0v) is 13.6. The molecule has 1 saturated carbocycles. The van der Waals surface area contributed by atoms with Gasteiger partial charge in [0.2, 0.25) is 0 Å². The Kier molecular flexibility index (Phi) is 4.92. The molecule has 0 aliphatic heterocycles. The highest BCUT2D eigenvalue weighted by atomic mass is 16.1. The Morgan fingerprint density at radius 2 is 1.78 bits per heavy atom. The van der Waals surface area contributed by atoms with Crippen LogP contribution in [0.4, 0.5) is 0 Å². The molecule has 0 atom stereocenters. The summed E-state index contributed by atoms with van der Waals surface area (Å²) in [6.07, 6.45) is 6.84. The molecule has 0 aromatic heterocycles. The van der Waals surface area contributed by atoms with Gasteiger partial charge in [-0.25, -0.2) is 0 Å². The highest BCUT2D eigenvalue weighted by Gasteiger charge is 2.19. The molecule has 0 radical (unpaired) electrons. The third-order valence-electron chi connectivity index (χ3n) is 4.64. The lowest BCUT2D eigenvalue weighted by molar-refractivity contribution is 0.104. The minimum atomic E-state index is 0.0356. The molecule has 0 unspecified atom stereocenters. The molecule has 1 fully saturated rings. The number of hydrogen-bond acceptors (Lipinski definition) is 2. The van der Waals surface area contributed by atoms with Gasteiger partial charge in [0.05, 0.1) is 0 Å². The Labute approximate surface area is 138 Å². The molecule has 0 heterocycles. The van der Waals surface area contributed by atoms with Crippen molar-refractivity contribution >= 4 is 11.5 Å². The molecule has 2 nitrogen and oxygen atoms in total. The lowest BCUT2D eigenvalue weighted by Gasteiger charge is -2.26. The van der Waals surface area contributed by atoms with Crippen LogP contribution in [0.3, 0.4) is 0 Å². The molecule has 0 saturated heterocycles. The topological polar surface area (TPSA) is 29.1 Å². The summed E-state index contributed by atoms with van der Waals surface area (Å²) in [7, 11) is 1.88. The Morgan fingerprint density at radius 1 is 1.09 bits per heavy atom. The summed E-state index contributed by atoms with van der Waals surface area (Å²) in [6, 6.07) is 17.8. The highest BCUT2D eigenvalue weighted by molar-refractivity contribution is 6.08. The van der Waals surface area contributed by atoms with Crippen molar-refractivity contribution in [1.29, 1.82) is 0 Å². The maximum absolute atomic E-state index is 12.5. The predicted octanol–water partition coefficient (Wildman–Crippen LogP) is 4.47. The number of allylic oxidation sites excluding steroid dienone is 1. The van der Waals surface area contributed by atoms with E-state index in [9.17, 15) is 4.79 Å². The van der Waals surface area contributed by atoms with E-state index in [2.05, 4.69) is 23.5 Å². The van der Waals surface area contributed by atoms with Crippen LogP contribution in [-0.2, 0) is 6.42 Å². The first-order chi connectivity index (χ1) is 11.3. The van der Waals surface area contributed by atoms with Crippen molar-refractivity contribution in [2.75, 3.05) is 7.05 Å². The van der Waals surface area contributed by atoms with Crippen LogP contribution >= 0.6 is 0 Å². The summed E-state index contributed by atoms with van der Waals surface area (Å²) in [5, 5.41) is 3.21. The van der Waals surface area contributed by atoms with Crippen LogP contribution in [0.2, 0.25) is 0 Å². The van der Waals surface area contributed by atoms with Gasteiger partial charge in [-0.05, 0) is 17.9 Å². The SMILES string of the molecule is CN/C(=C\C(=O)c1ccccc1)c1ccccc1CC1CCC1. The van der Waals surface area contributed by atoms with E-state index in [1.807, 2.05) is 43.4 Å². The molecule has 118 valence electrons. The quantitative estimate of drug-likeness (QED) is 0.630. The largest absolute Gasteiger partial charge is 0.388 e. The molecule has 2 aromatic rings. The average molecular weight is 305 g/mol. The summed E-state index contributed by atoms with van der Waals surface area (Å²) in [5.74, 6) is 0.840. The van der Waals surface area contributed by atoms with E-state index in [0.717, 1.165) is 29.2 Å². The second-order valence-electron chi connectivity index (χ2n) is 6.20. The van der Waals surface area contributed by atoms with Crippen molar-refractivity contribution in [3.05, 3.63) is 77.4 Å². The van der Waals surface area contributed by atoms with Crippen LogP contribution in [-0.4, -0.2) is 12.8 Å². The monoisotopic (exact) mass is 305 g/mol. The molecule has 1 N–H and O–H groups in total. The van der Waals surface area contributed by atoms with Crippen LogP contribution in [0.25, 0.3) is 5.70 Å². The molecule has 2 aromatic carbocycles. The van der Waals surface area contributed by atoms with E-state index in [1.165, 1.54) is 24.8 Å². The first-order valence-electron chi connectivity index (χ1n) is 8.35. The van der Waals surface area contributed by atoms with E-state index < -0.39 is 0 Å². The Balaban J connectivity index is 1.88. The molecule has 23 heavy (non-hydrogen) atoms. The fourth-order valence-electron chi connectivity index (χ4n) is 3.07. The van der Waals surface area contributed by atoms with E-state index in [4.69, 9.17) is 0 Å². The second-order valence-corrected chi connectivity index (χ2v) is 6.20. The second kappa shape index (κ2) is 7.28. The molecular weight excluding hydrogens is 282 g/mol. The van der Waals surface area contributed by atoms with Crippen molar-refractivity contribution in [3.63, 3.8) is 0 Å². The van der Waals surface area contributed by atoms with Gasteiger partial charge < -0.3 is 5.32 Å². The number of hydrogen-bond donors (Lipinski definition) is 1. The minimum Gasteiger partial charge on any atom is -0.388 e. The molecule has 0 bridgehead atoms. The summed E-state index contributed by atoms with van der Waals surface area (Å²) in [5.41, 5.74) is 4.09. The lowest BCUT2D eigenvalue weighted by atomic mass is 9.80. The van der Waals surface area contributed by atoms with Crippen molar-refractivity contribution < 1.29 is 4.79 Å². The van der Waals surface area contributed by atoms with Crippen molar-refractivity contribution in [2.45, 2.75) is 25.7 Å². The zero-order chi connectivity index (χ0) is 16.1.